The Hall–Kier alpha value is -1.54. The molecule has 95 valence electrons. The lowest BCUT2D eigenvalue weighted by molar-refractivity contribution is 0.0227. The first-order chi connectivity index (χ1) is 8.48. The zero-order valence-electron chi connectivity index (χ0n) is 11.1. The van der Waals surface area contributed by atoms with Gasteiger partial charge in [0.05, 0.1) is 11.7 Å². The lowest BCUT2D eigenvalue weighted by Gasteiger charge is -2.21. The Bertz CT molecular complexity index is 460. The zero-order valence-corrected chi connectivity index (χ0v) is 11.1. The van der Waals surface area contributed by atoms with Gasteiger partial charge in [0.25, 0.3) is 0 Å². The zero-order chi connectivity index (χ0) is 13.2. The summed E-state index contributed by atoms with van der Waals surface area (Å²) >= 11 is 0. The van der Waals surface area contributed by atoms with E-state index in [1.807, 2.05) is 25.1 Å². The maximum Gasteiger partial charge on any atom is 0.0846 e. The predicted molar refractivity (Wildman–Crippen MR) is 76.1 cm³/mol. The van der Waals surface area contributed by atoms with Crippen molar-refractivity contribution in [1.82, 2.24) is 0 Å². The lowest BCUT2D eigenvalue weighted by Crippen LogP contribution is -2.22. The van der Waals surface area contributed by atoms with E-state index in [1.54, 1.807) is 0 Å². The van der Waals surface area contributed by atoms with Crippen LogP contribution in [0, 0.1) is 6.07 Å². The molecule has 1 saturated heterocycles. The second kappa shape index (κ2) is 4.99. The number of rotatable bonds is 3. The fraction of sp³-hybridized carbons (Fsp3) is 0.375. The Labute approximate surface area is 109 Å². The number of anilines is 1. The van der Waals surface area contributed by atoms with Gasteiger partial charge in [0.1, 0.15) is 0 Å². The molecule has 0 spiro atoms. The normalized spacial score (nSPS) is 27.8. The van der Waals surface area contributed by atoms with Gasteiger partial charge >= 0.3 is 0 Å². The van der Waals surface area contributed by atoms with Gasteiger partial charge in [0.2, 0.25) is 0 Å². The molecule has 1 fully saturated rings. The number of ether oxygens (including phenoxy) is 1. The van der Waals surface area contributed by atoms with Crippen LogP contribution in [0.3, 0.4) is 0 Å². The van der Waals surface area contributed by atoms with Gasteiger partial charge in [-0.05, 0) is 44.4 Å². The summed E-state index contributed by atoms with van der Waals surface area (Å²) in [5, 5.41) is 0. The van der Waals surface area contributed by atoms with Gasteiger partial charge < -0.3 is 10.5 Å². The number of nitrogen functional groups attached to an aromatic ring is 1. The lowest BCUT2D eigenvalue weighted by atomic mass is 9.99. The monoisotopic (exact) mass is 242 g/mol. The molecular weight excluding hydrogens is 222 g/mol. The molecule has 1 aromatic rings. The smallest absolute Gasteiger partial charge is 0.0846 e. The fourth-order valence-electron chi connectivity index (χ4n) is 2.16. The van der Waals surface area contributed by atoms with E-state index >= 15 is 0 Å². The number of hydrogen-bond donors (Lipinski definition) is 1. The highest BCUT2D eigenvalue weighted by Crippen LogP contribution is 2.34. The van der Waals surface area contributed by atoms with E-state index in [0.717, 1.165) is 24.0 Å². The van der Waals surface area contributed by atoms with E-state index in [-0.39, 0.29) is 11.7 Å². The third-order valence-corrected chi connectivity index (χ3v) is 3.35. The van der Waals surface area contributed by atoms with Crippen LogP contribution in [-0.2, 0) is 4.74 Å². The fourth-order valence-corrected chi connectivity index (χ4v) is 2.16. The van der Waals surface area contributed by atoms with Crippen molar-refractivity contribution in [1.29, 1.82) is 0 Å². The summed E-state index contributed by atoms with van der Waals surface area (Å²) in [5.41, 5.74) is 8.28. The average molecular weight is 242 g/mol. The number of nitrogens with two attached hydrogens (primary N) is 1. The van der Waals surface area contributed by atoms with Crippen LogP contribution in [0.25, 0.3) is 6.08 Å². The van der Waals surface area contributed by atoms with Crippen molar-refractivity contribution in [2.24, 2.45) is 0 Å². The van der Waals surface area contributed by atoms with E-state index in [0.29, 0.717) is 5.69 Å². The highest BCUT2D eigenvalue weighted by molar-refractivity contribution is 5.53. The van der Waals surface area contributed by atoms with Crippen LogP contribution in [0.2, 0.25) is 0 Å². The highest BCUT2D eigenvalue weighted by Gasteiger charge is 2.33. The maximum absolute atomic E-state index is 6.03. The van der Waals surface area contributed by atoms with Crippen molar-refractivity contribution in [2.75, 3.05) is 5.73 Å². The molecule has 1 aliphatic heterocycles. The summed E-state index contributed by atoms with van der Waals surface area (Å²) in [6.45, 7) is 8.10. The van der Waals surface area contributed by atoms with Crippen LogP contribution in [0.15, 0.2) is 36.4 Å². The molecule has 2 N–H and O–H groups in total. The van der Waals surface area contributed by atoms with E-state index in [1.165, 1.54) is 0 Å². The van der Waals surface area contributed by atoms with Crippen LogP contribution in [0.4, 0.5) is 5.69 Å². The summed E-state index contributed by atoms with van der Waals surface area (Å²) < 4.78 is 6.03. The third kappa shape index (κ3) is 3.02. The van der Waals surface area contributed by atoms with Crippen molar-refractivity contribution < 1.29 is 4.74 Å². The van der Waals surface area contributed by atoms with Gasteiger partial charge in [0, 0.05) is 11.8 Å². The van der Waals surface area contributed by atoms with Crippen LogP contribution < -0.4 is 5.73 Å². The van der Waals surface area contributed by atoms with Gasteiger partial charge in [-0.3, -0.25) is 0 Å². The van der Waals surface area contributed by atoms with Crippen molar-refractivity contribution in [3.63, 3.8) is 0 Å². The molecule has 2 heteroatoms. The van der Waals surface area contributed by atoms with Crippen LogP contribution >= 0.6 is 0 Å². The minimum Gasteiger partial charge on any atom is -0.398 e. The van der Waals surface area contributed by atoms with Gasteiger partial charge in [0.15, 0.2) is 0 Å². The van der Waals surface area contributed by atoms with Crippen molar-refractivity contribution in [2.45, 2.75) is 38.4 Å². The SMILES string of the molecule is C=C(C)C1CCC(C)(/C=C/c2c[c]c(N)cc2)O1. The first kappa shape index (κ1) is 12.9. The molecular formula is C16H20NO. The minimum absolute atomic E-state index is 0.189. The molecule has 2 rings (SSSR count). The van der Waals surface area contributed by atoms with Crippen LogP contribution in [-0.4, -0.2) is 11.7 Å². The van der Waals surface area contributed by atoms with E-state index < -0.39 is 0 Å². The first-order valence-electron chi connectivity index (χ1n) is 6.28. The Morgan fingerprint density at radius 2 is 2.39 bits per heavy atom. The first-order valence-corrected chi connectivity index (χ1v) is 6.28. The highest BCUT2D eigenvalue weighted by atomic mass is 16.5. The quantitative estimate of drug-likeness (QED) is 0.649. The molecule has 1 aromatic carbocycles. The third-order valence-electron chi connectivity index (χ3n) is 3.35. The summed E-state index contributed by atoms with van der Waals surface area (Å²) in [6, 6.07) is 8.71. The number of hydrogen-bond acceptors (Lipinski definition) is 2. The molecule has 2 atom stereocenters. The minimum atomic E-state index is -0.189. The van der Waals surface area contributed by atoms with Crippen molar-refractivity contribution in [3.8, 4) is 0 Å². The van der Waals surface area contributed by atoms with Gasteiger partial charge in [-0.2, -0.15) is 0 Å². The maximum atomic E-state index is 6.03. The van der Waals surface area contributed by atoms with Gasteiger partial charge in [-0.15, -0.1) is 0 Å². The summed E-state index contributed by atoms with van der Waals surface area (Å²) in [4.78, 5) is 0. The van der Waals surface area contributed by atoms with E-state index in [9.17, 15) is 0 Å². The average Bonchev–Trinajstić information content (AvgIpc) is 2.72. The van der Waals surface area contributed by atoms with Crippen molar-refractivity contribution >= 4 is 11.8 Å². The van der Waals surface area contributed by atoms with E-state index in [4.69, 9.17) is 10.5 Å². The van der Waals surface area contributed by atoms with Gasteiger partial charge in [-0.25, -0.2) is 0 Å². The molecule has 1 radical (unpaired) electrons. The largest absolute Gasteiger partial charge is 0.398 e. The Morgan fingerprint density at radius 3 is 2.94 bits per heavy atom. The standard InChI is InChI=1S/C16H20NO/c1-12(2)15-9-11-16(3,18-15)10-8-13-4-6-14(17)7-5-13/h4-6,8,10,15H,1,9,11,17H2,2-3H3/b10-8+. The Balaban J connectivity index is 2.05. The molecule has 2 unspecified atom stereocenters. The molecule has 0 aliphatic carbocycles. The molecule has 0 amide bonds. The van der Waals surface area contributed by atoms with Gasteiger partial charge in [-0.1, -0.05) is 30.4 Å². The molecule has 1 heterocycles. The molecule has 1 aliphatic rings. The van der Waals surface area contributed by atoms with Crippen LogP contribution in [0.5, 0.6) is 0 Å². The molecule has 0 bridgehead atoms. The van der Waals surface area contributed by atoms with E-state index in [2.05, 4.69) is 31.7 Å². The molecule has 18 heavy (non-hydrogen) atoms. The topological polar surface area (TPSA) is 35.2 Å². The second-order valence-electron chi connectivity index (χ2n) is 5.21. The Kier molecular flexibility index (Phi) is 3.58. The Morgan fingerprint density at radius 1 is 1.61 bits per heavy atom. The summed E-state index contributed by atoms with van der Waals surface area (Å²) in [7, 11) is 0. The summed E-state index contributed by atoms with van der Waals surface area (Å²) in [6.07, 6.45) is 6.45. The molecule has 2 nitrogen and oxygen atoms in total. The summed E-state index contributed by atoms with van der Waals surface area (Å²) in [5.74, 6) is 0. The van der Waals surface area contributed by atoms with Crippen molar-refractivity contribution in [3.05, 3.63) is 48.1 Å². The molecule has 0 aromatic heterocycles. The predicted octanol–water partition coefficient (Wildman–Crippen LogP) is 3.60. The number of benzene rings is 1. The van der Waals surface area contributed by atoms with Crippen LogP contribution in [0.1, 0.15) is 32.3 Å². The second-order valence-corrected chi connectivity index (χ2v) is 5.21. The molecule has 0 saturated carbocycles.